The Hall–Kier alpha value is -0.730. The van der Waals surface area contributed by atoms with Crippen LogP contribution in [-0.4, -0.2) is 13.1 Å². The number of hydrogen-bond acceptors (Lipinski definition) is 2. The lowest BCUT2D eigenvalue weighted by molar-refractivity contribution is 0.435. The van der Waals surface area contributed by atoms with E-state index in [1.165, 1.54) is 43.4 Å². The van der Waals surface area contributed by atoms with E-state index in [1.807, 2.05) is 6.07 Å². The van der Waals surface area contributed by atoms with Crippen LogP contribution < -0.4 is 10.6 Å². The molecule has 1 aliphatic rings. The van der Waals surface area contributed by atoms with Crippen molar-refractivity contribution in [2.45, 2.75) is 45.6 Å². The Morgan fingerprint density at radius 1 is 1.32 bits per heavy atom. The molecule has 1 aromatic rings. The van der Waals surface area contributed by atoms with Crippen molar-refractivity contribution in [1.82, 2.24) is 0 Å². The second-order valence-corrected chi connectivity index (χ2v) is 5.99. The summed E-state index contributed by atoms with van der Waals surface area (Å²) >= 11 is 6.14. The summed E-state index contributed by atoms with van der Waals surface area (Å²) in [6, 6.07) is 6.07. The summed E-state index contributed by atoms with van der Waals surface area (Å²) in [4.78, 5) is 2.48. The van der Waals surface area contributed by atoms with E-state index in [2.05, 4.69) is 24.0 Å². The van der Waals surface area contributed by atoms with Crippen LogP contribution in [0.2, 0.25) is 5.02 Å². The monoisotopic (exact) mass is 280 g/mol. The van der Waals surface area contributed by atoms with Gasteiger partial charge < -0.3 is 10.6 Å². The maximum absolute atomic E-state index is 6.14. The molecule has 1 saturated heterocycles. The van der Waals surface area contributed by atoms with Crippen molar-refractivity contribution in [3.05, 3.63) is 28.8 Å². The van der Waals surface area contributed by atoms with Gasteiger partial charge in [0, 0.05) is 30.3 Å². The van der Waals surface area contributed by atoms with E-state index in [0.717, 1.165) is 24.0 Å². The predicted molar refractivity (Wildman–Crippen MR) is 83.8 cm³/mol. The van der Waals surface area contributed by atoms with Gasteiger partial charge in [-0.3, -0.25) is 0 Å². The maximum Gasteiger partial charge on any atom is 0.0426 e. The van der Waals surface area contributed by atoms with Crippen LogP contribution in [0.3, 0.4) is 0 Å². The van der Waals surface area contributed by atoms with Gasteiger partial charge >= 0.3 is 0 Å². The third kappa shape index (κ3) is 3.87. The molecule has 2 N–H and O–H groups in total. The molecule has 0 radical (unpaired) electrons. The molecule has 1 aliphatic heterocycles. The number of nitrogens with two attached hydrogens (primary N) is 1. The van der Waals surface area contributed by atoms with Crippen LogP contribution in [0.15, 0.2) is 18.2 Å². The highest BCUT2D eigenvalue weighted by Crippen LogP contribution is 2.29. The van der Waals surface area contributed by atoms with E-state index >= 15 is 0 Å². The van der Waals surface area contributed by atoms with E-state index in [-0.39, 0.29) is 0 Å². The largest absolute Gasteiger partial charge is 0.371 e. The molecule has 1 heterocycles. The summed E-state index contributed by atoms with van der Waals surface area (Å²) < 4.78 is 0. The fourth-order valence-electron chi connectivity index (χ4n) is 3.11. The summed E-state index contributed by atoms with van der Waals surface area (Å²) in [6.07, 6.45) is 6.61. The van der Waals surface area contributed by atoms with E-state index in [0.29, 0.717) is 6.54 Å². The Kier molecular flexibility index (Phi) is 5.53. The Labute approximate surface area is 121 Å². The average molecular weight is 281 g/mol. The fourth-order valence-corrected chi connectivity index (χ4v) is 3.27. The molecule has 19 heavy (non-hydrogen) atoms. The quantitative estimate of drug-likeness (QED) is 0.895. The van der Waals surface area contributed by atoms with Crippen LogP contribution in [0.1, 0.15) is 44.6 Å². The van der Waals surface area contributed by atoms with Crippen molar-refractivity contribution in [3.63, 3.8) is 0 Å². The Balaban J connectivity index is 2.11. The van der Waals surface area contributed by atoms with Crippen LogP contribution in [0.5, 0.6) is 0 Å². The van der Waals surface area contributed by atoms with Crippen molar-refractivity contribution in [1.29, 1.82) is 0 Å². The van der Waals surface area contributed by atoms with E-state index in [4.69, 9.17) is 17.3 Å². The second kappa shape index (κ2) is 7.16. The van der Waals surface area contributed by atoms with Gasteiger partial charge in [0.2, 0.25) is 0 Å². The molecule has 2 nitrogen and oxygen atoms in total. The van der Waals surface area contributed by atoms with Gasteiger partial charge in [0.05, 0.1) is 0 Å². The first-order valence-electron chi connectivity index (χ1n) is 7.48. The Morgan fingerprint density at radius 2 is 2.16 bits per heavy atom. The van der Waals surface area contributed by atoms with Crippen molar-refractivity contribution in [3.8, 4) is 0 Å². The summed E-state index contributed by atoms with van der Waals surface area (Å²) in [6.45, 7) is 5.14. The van der Waals surface area contributed by atoms with Gasteiger partial charge in [0.15, 0.2) is 0 Å². The van der Waals surface area contributed by atoms with Gasteiger partial charge in [-0.05, 0) is 42.9 Å². The summed E-state index contributed by atoms with van der Waals surface area (Å²) in [5.41, 5.74) is 8.30. The molecule has 1 unspecified atom stereocenters. The maximum atomic E-state index is 6.14. The minimum Gasteiger partial charge on any atom is -0.371 e. The molecule has 3 heteroatoms. The molecule has 1 atom stereocenters. The van der Waals surface area contributed by atoms with Crippen LogP contribution in [0.4, 0.5) is 5.69 Å². The highest BCUT2D eigenvalue weighted by Gasteiger charge is 2.18. The van der Waals surface area contributed by atoms with Crippen LogP contribution in [-0.2, 0) is 6.54 Å². The summed E-state index contributed by atoms with van der Waals surface area (Å²) in [7, 11) is 0. The number of benzene rings is 1. The summed E-state index contributed by atoms with van der Waals surface area (Å²) in [5, 5.41) is 0.807. The minimum absolute atomic E-state index is 0.585. The molecule has 0 aliphatic carbocycles. The zero-order valence-corrected chi connectivity index (χ0v) is 12.6. The number of rotatable bonds is 4. The molecular weight excluding hydrogens is 256 g/mol. The third-order valence-electron chi connectivity index (χ3n) is 4.15. The standard InChI is InChI=1S/C16H25ClN2/c1-2-4-13-5-3-9-19(10-8-13)16-11-15(17)7-6-14(16)12-18/h6-7,11,13H,2-5,8-10,12,18H2,1H3. The topological polar surface area (TPSA) is 29.3 Å². The minimum atomic E-state index is 0.585. The van der Waals surface area contributed by atoms with E-state index < -0.39 is 0 Å². The van der Waals surface area contributed by atoms with E-state index in [1.54, 1.807) is 0 Å². The molecule has 0 aromatic heterocycles. The second-order valence-electron chi connectivity index (χ2n) is 5.55. The van der Waals surface area contributed by atoms with E-state index in [9.17, 15) is 0 Å². The third-order valence-corrected chi connectivity index (χ3v) is 4.39. The van der Waals surface area contributed by atoms with Crippen molar-refractivity contribution in [2.75, 3.05) is 18.0 Å². The number of halogens is 1. The normalized spacial score (nSPS) is 20.4. The first-order chi connectivity index (χ1) is 9.24. The lowest BCUT2D eigenvalue weighted by Crippen LogP contribution is -2.25. The fraction of sp³-hybridized carbons (Fsp3) is 0.625. The van der Waals surface area contributed by atoms with Crippen molar-refractivity contribution in [2.24, 2.45) is 11.7 Å². The number of nitrogens with zero attached hydrogens (tertiary/aromatic N) is 1. The van der Waals surface area contributed by atoms with Crippen LogP contribution in [0, 0.1) is 5.92 Å². The zero-order valence-electron chi connectivity index (χ0n) is 11.9. The molecule has 1 fully saturated rings. The molecule has 1 aromatic carbocycles. The van der Waals surface area contributed by atoms with Gasteiger partial charge in [-0.2, -0.15) is 0 Å². The smallest absolute Gasteiger partial charge is 0.0426 e. The Bertz CT molecular complexity index is 406. The highest BCUT2D eigenvalue weighted by atomic mass is 35.5. The number of hydrogen-bond donors (Lipinski definition) is 1. The molecule has 0 saturated carbocycles. The highest BCUT2D eigenvalue weighted by molar-refractivity contribution is 6.30. The first kappa shape index (κ1) is 14.7. The van der Waals surface area contributed by atoms with Gasteiger partial charge in [0.1, 0.15) is 0 Å². The lowest BCUT2D eigenvalue weighted by atomic mass is 9.96. The van der Waals surface area contributed by atoms with Gasteiger partial charge in [-0.15, -0.1) is 0 Å². The van der Waals surface area contributed by atoms with Gasteiger partial charge in [-0.25, -0.2) is 0 Å². The van der Waals surface area contributed by atoms with Crippen molar-refractivity contribution < 1.29 is 0 Å². The van der Waals surface area contributed by atoms with Gasteiger partial charge in [-0.1, -0.05) is 37.4 Å². The molecule has 0 spiro atoms. The lowest BCUT2D eigenvalue weighted by Gasteiger charge is -2.25. The van der Waals surface area contributed by atoms with Gasteiger partial charge in [0.25, 0.3) is 0 Å². The molecule has 0 bridgehead atoms. The first-order valence-corrected chi connectivity index (χ1v) is 7.85. The Morgan fingerprint density at radius 3 is 2.89 bits per heavy atom. The molecule has 0 amide bonds. The van der Waals surface area contributed by atoms with Crippen LogP contribution >= 0.6 is 11.6 Å². The number of anilines is 1. The van der Waals surface area contributed by atoms with Crippen molar-refractivity contribution >= 4 is 17.3 Å². The van der Waals surface area contributed by atoms with Crippen LogP contribution in [0.25, 0.3) is 0 Å². The summed E-state index contributed by atoms with van der Waals surface area (Å²) in [5.74, 6) is 0.899. The molecule has 106 valence electrons. The predicted octanol–water partition coefficient (Wildman–Crippen LogP) is 4.21. The molecular formula is C16H25ClN2. The zero-order chi connectivity index (χ0) is 13.7. The molecule has 2 rings (SSSR count). The SMILES string of the molecule is CCCC1CCCN(c2cc(Cl)ccc2CN)CC1. The average Bonchev–Trinajstić information content (AvgIpc) is 2.65.